The van der Waals surface area contributed by atoms with Gasteiger partial charge in [0.25, 0.3) is 0 Å². The number of nitrogens with one attached hydrogen (secondary N) is 1. The lowest BCUT2D eigenvalue weighted by molar-refractivity contribution is -0.131. The summed E-state index contributed by atoms with van der Waals surface area (Å²) in [4.78, 5) is 47.8. The maximum atomic E-state index is 12.5. The number of rotatable bonds is 5. The summed E-state index contributed by atoms with van der Waals surface area (Å²) in [5, 5.41) is 3.24. The maximum Gasteiger partial charge on any atom is 0.347 e. The molecule has 148 valence electrons. The third kappa shape index (κ3) is 5.61. The summed E-state index contributed by atoms with van der Waals surface area (Å²) in [6.45, 7) is 2.56. The highest BCUT2D eigenvalue weighted by molar-refractivity contribution is 6.30. The van der Waals surface area contributed by atoms with Crippen molar-refractivity contribution in [2.24, 2.45) is 0 Å². The van der Waals surface area contributed by atoms with Crippen LogP contribution in [0.5, 0.6) is 0 Å². The first-order valence-electron chi connectivity index (χ1n) is 8.94. The quantitative estimate of drug-likeness (QED) is 0.777. The number of hydrogen-bond donors (Lipinski definition) is 1. The fourth-order valence-corrected chi connectivity index (χ4v) is 3.08. The van der Waals surface area contributed by atoms with Crippen LogP contribution in [0.1, 0.15) is 6.42 Å². The van der Waals surface area contributed by atoms with E-state index in [0.717, 1.165) is 6.42 Å². The second-order valence-corrected chi connectivity index (χ2v) is 6.89. The molecule has 0 atom stereocenters. The molecule has 1 saturated heterocycles. The Morgan fingerprint density at radius 1 is 1.11 bits per heavy atom. The van der Waals surface area contributed by atoms with Gasteiger partial charge >= 0.3 is 5.69 Å². The summed E-state index contributed by atoms with van der Waals surface area (Å²) in [6.07, 6.45) is 5.17. The Labute approximate surface area is 166 Å². The van der Waals surface area contributed by atoms with Crippen LogP contribution in [0.25, 0.3) is 0 Å². The van der Waals surface area contributed by atoms with Crippen LogP contribution in [0.15, 0.2) is 41.6 Å². The number of anilines is 1. The predicted octanol–water partition coefficient (Wildman–Crippen LogP) is 0.465. The van der Waals surface area contributed by atoms with Crippen molar-refractivity contribution in [1.82, 2.24) is 24.3 Å². The minimum Gasteiger partial charge on any atom is -0.340 e. The third-order valence-corrected chi connectivity index (χ3v) is 4.62. The van der Waals surface area contributed by atoms with Gasteiger partial charge in [-0.3, -0.25) is 19.1 Å². The fraction of sp³-hybridized carbons (Fsp3) is 0.389. The lowest BCUT2D eigenvalue weighted by Crippen LogP contribution is -2.40. The van der Waals surface area contributed by atoms with E-state index in [9.17, 15) is 14.4 Å². The van der Waals surface area contributed by atoms with Gasteiger partial charge in [0, 0.05) is 44.8 Å². The molecule has 2 aromatic rings. The van der Waals surface area contributed by atoms with Crippen LogP contribution in [-0.4, -0.2) is 68.9 Å². The van der Waals surface area contributed by atoms with E-state index in [4.69, 9.17) is 11.6 Å². The Morgan fingerprint density at radius 3 is 2.71 bits per heavy atom. The zero-order valence-corrected chi connectivity index (χ0v) is 16.0. The average molecular weight is 405 g/mol. The van der Waals surface area contributed by atoms with E-state index in [1.165, 1.54) is 17.0 Å². The van der Waals surface area contributed by atoms with E-state index >= 15 is 0 Å². The Bertz CT molecular complexity index is 885. The molecule has 1 aliphatic rings. The molecule has 0 saturated carbocycles. The first-order chi connectivity index (χ1) is 13.5. The second kappa shape index (κ2) is 9.43. The molecular formula is C18H21ClN6O3. The van der Waals surface area contributed by atoms with Gasteiger partial charge in [0.05, 0.1) is 11.6 Å². The Morgan fingerprint density at radius 2 is 1.96 bits per heavy atom. The SMILES string of the molecule is O=C(CN1CCCN(C(=O)Cn2cccnc2=O)CC1)Nc1ccc(Cl)cn1. The van der Waals surface area contributed by atoms with Crippen molar-refractivity contribution in [3.05, 3.63) is 52.3 Å². The second-order valence-electron chi connectivity index (χ2n) is 6.45. The molecule has 2 aromatic heterocycles. The van der Waals surface area contributed by atoms with Crippen LogP contribution in [0.4, 0.5) is 5.82 Å². The number of amides is 2. The topological polar surface area (TPSA) is 100 Å². The zero-order chi connectivity index (χ0) is 19.9. The van der Waals surface area contributed by atoms with E-state index in [-0.39, 0.29) is 24.9 Å². The Balaban J connectivity index is 1.49. The summed E-state index contributed by atoms with van der Waals surface area (Å²) >= 11 is 5.78. The van der Waals surface area contributed by atoms with Crippen LogP contribution in [-0.2, 0) is 16.1 Å². The van der Waals surface area contributed by atoms with Crippen LogP contribution in [0.3, 0.4) is 0 Å². The highest BCUT2D eigenvalue weighted by atomic mass is 35.5. The van der Waals surface area contributed by atoms with Crippen LogP contribution in [0.2, 0.25) is 5.02 Å². The molecule has 1 N–H and O–H groups in total. The van der Waals surface area contributed by atoms with Crippen molar-refractivity contribution in [2.75, 3.05) is 38.0 Å². The van der Waals surface area contributed by atoms with Crippen molar-refractivity contribution in [3.63, 3.8) is 0 Å². The third-order valence-electron chi connectivity index (χ3n) is 4.39. The molecule has 0 spiro atoms. The summed E-state index contributed by atoms with van der Waals surface area (Å²) in [5.74, 6) is 0.145. The molecule has 10 heteroatoms. The normalized spacial score (nSPS) is 15.1. The lowest BCUT2D eigenvalue weighted by atomic mass is 10.3. The molecule has 0 aromatic carbocycles. The molecule has 2 amide bonds. The number of nitrogens with zero attached hydrogens (tertiary/aromatic N) is 5. The van der Waals surface area contributed by atoms with Crippen molar-refractivity contribution in [1.29, 1.82) is 0 Å². The molecular weight excluding hydrogens is 384 g/mol. The van der Waals surface area contributed by atoms with E-state index in [1.54, 1.807) is 29.3 Å². The number of carbonyl (C=O) groups is 2. The highest BCUT2D eigenvalue weighted by Crippen LogP contribution is 2.10. The Kier molecular flexibility index (Phi) is 6.72. The van der Waals surface area contributed by atoms with Crippen molar-refractivity contribution in [2.45, 2.75) is 13.0 Å². The van der Waals surface area contributed by atoms with Gasteiger partial charge in [-0.05, 0) is 24.6 Å². The minimum absolute atomic E-state index is 0.0323. The summed E-state index contributed by atoms with van der Waals surface area (Å²) < 4.78 is 1.29. The maximum absolute atomic E-state index is 12.5. The summed E-state index contributed by atoms with van der Waals surface area (Å²) in [7, 11) is 0. The molecule has 0 radical (unpaired) electrons. The smallest absolute Gasteiger partial charge is 0.340 e. The van der Waals surface area contributed by atoms with Gasteiger partial charge in [0.2, 0.25) is 11.8 Å². The van der Waals surface area contributed by atoms with Crippen LogP contribution < -0.4 is 11.0 Å². The molecule has 1 fully saturated rings. The van der Waals surface area contributed by atoms with Crippen molar-refractivity contribution in [3.8, 4) is 0 Å². The molecule has 28 heavy (non-hydrogen) atoms. The number of hydrogen-bond acceptors (Lipinski definition) is 6. The summed E-state index contributed by atoms with van der Waals surface area (Å²) in [5.41, 5.74) is -0.445. The van der Waals surface area contributed by atoms with E-state index in [0.29, 0.717) is 37.0 Å². The molecule has 0 bridgehead atoms. The van der Waals surface area contributed by atoms with E-state index in [2.05, 4.69) is 15.3 Å². The standard InChI is InChI=1S/C18H21ClN6O3/c19-14-3-4-15(21-11-14)22-16(26)12-23-6-2-8-24(10-9-23)17(27)13-25-7-1-5-20-18(25)28/h1,3-5,7,11H,2,6,8-10,12-13H2,(H,21,22,26). The van der Waals surface area contributed by atoms with Crippen LogP contribution in [0, 0.1) is 0 Å². The number of carbonyl (C=O) groups excluding carboxylic acids is 2. The van der Waals surface area contributed by atoms with Crippen molar-refractivity contribution >= 4 is 29.2 Å². The minimum atomic E-state index is -0.445. The molecule has 0 unspecified atom stereocenters. The van der Waals surface area contributed by atoms with E-state index in [1.807, 2.05) is 4.90 Å². The van der Waals surface area contributed by atoms with Gasteiger partial charge < -0.3 is 10.2 Å². The van der Waals surface area contributed by atoms with Gasteiger partial charge in [-0.25, -0.2) is 14.8 Å². The van der Waals surface area contributed by atoms with Crippen molar-refractivity contribution < 1.29 is 9.59 Å². The van der Waals surface area contributed by atoms with Gasteiger partial charge in [-0.1, -0.05) is 11.6 Å². The summed E-state index contributed by atoms with van der Waals surface area (Å²) in [6, 6.07) is 4.92. The first kappa shape index (κ1) is 20.0. The lowest BCUT2D eigenvalue weighted by Gasteiger charge is -2.22. The molecule has 0 aliphatic carbocycles. The van der Waals surface area contributed by atoms with Gasteiger partial charge in [-0.2, -0.15) is 0 Å². The predicted molar refractivity (Wildman–Crippen MR) is 104 cm³/mol. The largest absolute Gasteiger partial charge is 0.347 e. The number of pyridine rings is 1. The molecule has 3 rings (SSSR count). The fourth-order valence-electron chi connectivity index (χ4n) is 2.97. The van der Waals surface area contributed by atoms with Gasteiger partial charge in [0.15, 0.2) is 0 Å². The zero-order valence-electron chi connectivity index (χ0n) is 15.3. The van der Waals surface area contributed by atoms with Gasteiger partial charge in [0.1, 0.15) is 12.4 Å². The number of aromatic nitrogens is 3. The first-order valence-corrected chi connectivity index (χ1v) is 9.32. The monoisotopic (exact) mass is 404 g/mol. The van der Waals surface area contributed by atoms with E-state index < -0.39 is 5.69 Å². The van der Waals surface area contributed by atoms with Gasteiger partial charge in [-0.15, -0.1) is 0 Å². The Hall–Kier alpha value is -2.78. The molecule has 1 aliphatic heterocycles. The molecule has 9 nitrogen and oxygen atoms in total. The molecule has 3 heterocycles. The highest BCUT2D eigenvalue weighted by Gasteiger charge is 2.21. The number of halogens is 1. The average Bonchev–Trinajstić information content (AvgIpc) is 2.91. The van der Waals surface area contributed by atoms with Crippen LogP contribution >= 0.6 is 11.6 Å².